The molecule has 9 nitrogen and oxygen atoms in total. The smallest absolute Gasteiger partial charge is 0.321 e. The Morgan fingerprint density at radius 1 is 1.22 bits per heavy atom. The molecule has 4 amide bonds. The van der Waals surface area contributed by atoms with Crippen LogP contribution in [0.25, 0.3) is 0 Å². The van der Waals surface area contributed by atoms with Crippen molar-refractivity contribution in [2.75, 3.05) is 26.1 Å². The van der Waals surface area contributed by atoms with Gasteiger partial charge in [0.1, 0.15) is 17.4 Å². The maximum atomic E-state index is 12.1. The predicted molar refractivity (Wildman–Crippen MR) is 78.2 cm³/mol. The molecule has 3 N–H and O–H groups in total. The van der Waals surface area contributed by atoms with Crippen molar-refractivity contribution in [3.63, 3.8) is 0 Å². The second-order valence-electron chi connectivity index (χ2n) is 4.64. The van der Waals surface area contributed by atoms with Gasteiger partial charge < -0.3 is 20.1 Å². The maximum absolute atomic E-state index is 12.1. The summed E-state index contributed by atoms with van der Waals surface area (Å²) in [7, 11) is 2.88. The van der Waals surface area contributed by atoms with E-state index in [0.717, 1.165) is 0 Å². The van der Waals surface area contributed by atoms with Gasteiger partial charge in [0.15, 0.2) is 0 Å². The minimum atomic E-state index is -1.27. The quantitative estimate of drug-likeness (QED) is 0.504. The number of rotatable bonds is 5. The molecule has 0 spiro atoms. The molecular weight excluding hydrogens is 306 g/mol. The Balaban J connectivity index is 2.11. The van der Waals surface area contributed by atoms with Crippen molar-refractivity contribution in [1.29, 1.82) is 0 Å². The van der Waals surface area contributed by atoms with Crippen LogP contribution in [-0.2, 0) is 14.4 Å². The van der Waals surface area contributed by atoms with Crippen LogP contribution in [0.2, 0.25) is 0 Å². The molecule has 1 aromatic carbocycles. The molecule has 1 atom stereocenters. The molecular formula is C14H15N3O6. The zero-order valence-electron chi connectivity index (χ0n) is 12.5. The zero-order chi connectivity index (χ0) is 17.0. The summed E-state index contributed by atoms with van der Waals surface area (Å²) in [6, 6.07) is 3.92. The van der Waals surface area contributed by atoms with Gasteiger partial charge in [0, 0.05) is 12.6 Å². The van der Waals surface area contributed by atoms with Crippen LogP contribution in [0.15, 0.2) is 18.2 Å². The molecule has 1 aliphatic heterocycles. The van der Waals surface area contributed by atoms with E-state index in [9.17, 15) is 19.2 Å². The van der Waals surface area contributed by atoms with Crippen LogP contribution in [0.1, 0.15) is 0 Å². The second kappa shape index (κ2) is 6.77. The number of benzene rings is 1. The van der Waals surface area contributed by atoms with E-state index in [1.807, 2.05) is 5.32 Å². The Bertz CT molecular complexity index is 672. The highest BCUT2D eigenvalue weighted by Crippen LogP contribution is 2.29. The lowest BCUT2D eigenvalue weighted by Gasteiger charge is -2.20. The van der Waals surface area contributed by atoms with Gasteiger partial charge >= 0.3 is 6.03 Å². The zero-order valence-corrected chi connectivity index (χ0v) is 12.5. The van der Waals surface area contributed by atoms with Gasteiger partial charge in [-0.1, -0.05) is 0 Å². The fourth-order valence-corrected chi connectivity index (χ4v) is 1.99. The minimum absolute atomic E-state index is 0.226. The molecule has 0 radical (unpaired) electrons. The van der Waals surface area contributed by atoms with Crippen LogP contribution in [0.3, 0.4) is 0 Å². The van der Waals surface area contributed by atoms with Gasteiger partial charge in [-0.3, -0.25) is 19.7 Å². The monoisotopic (exact) mass is 321 g/mol. The standard InChI is InChI=1S/C14H15N3O6/c1-22-7-3-4-9(10(5-7)23-2)16-13(20)11(18)8-6-15-14(21)17-12(8)19/h3-5,8H,6H2,1-2H3,(H,16,20)(H2,15,17,19,21)/t8-/m1/s1. The summed E-state index contributed by atoms with van der Waals surface area (Å²) < 4.78 is 10.1. The van der Waals surface area contributed by atoms with Gasteiger partial charge in [-0.05, 0) is 12.1 Å². The molecule has 1 fully saturated rings. The highest BCUT2D eigenvalue weighted by Gasteiger charge is 2.36. The number of ether oxygens (including phenoxy) is 2. The number of anilines is 1. The summed E-state index contributed by atoms with van der Waals surface area (Å²) in [5, 5.41) is 6.60. The fourth-order valence-electron chi connectivity index (χ4n) is 1.99. The van der Waals surface area contributed by atoms with Crippen molar-refractivity contribution in [3.05, 3.63) is 18.2 Å². The molecule has 2 rings (SSSR count). The van der Waals surface area contributed by atoms with Crippen molar-refractivity contribution in [1.82, 2.24) is 10.6 Å². The number of hydrogen-bond donors (Lipinski definition) is 3. The van der Waals surface area contributed by atoms with E-state index in [1.165, 1.54) is 26.4 Å². The fraction of sp³-hybridized carbons (Fsp3) is 0.286. The van der Waals surface area contributed by atoms with Crippen molar-refractivity contribution >= 4 is 29.3 Å². The number of Topliss-reactive ketones (excluding diaryl/α,β-unsaturated/α-hetero) is 1. The van der Waals surface area contributed by atoms with Crippen LogP contribution in [0, 0.1) is 5.92 Å². The number of hydrogen-bond acceptors (Lipinski definition) is 6. The molecule has 122 valence electrons. The first-order chi connectivity index (χ1) is 11.0. The molecule has 9 heteroatoms. The van der Waals surface area contributed by atoms with Gasteiger partial charge in [-0.2, -0.15) is 0 Å². The molecule has 1 aliphatic rings. The van der Waals surface area contributed by atoms with Crippen molar-refractivity contribution in [2.24, 2.45) is 5.92 Å². The largest absolute Gasteiger partial charge is 0.497 e. The first-order valence-corrected chi connectivity index (χ1v) is 6.62. The number of methoxy groups -OCH3 is 2. The van der Waals surface area contributed by atoms with Crippen LogP contribution in [-0.4, -0.2) is 44.4 Å². The number of nitrogens with one attached hydrogen (secondary N) is 3. The third-order valence-electron chi connectivity index (χ3n) is 3.22. The van der Waals surface area contributed by atoms with Gasteiger partial charge in [-0.25, -0.2) is 4.79 Å². The summed E-state index contributed by atoms with van der Waals surface area (Å²) in [6.45, 7) is -0.226. The summed E-state index contributed by atoms with van der Waals surface area (Å²) >= 11 is 0. The van der Waals surface area contributed by atoms with Crippen molar-refractivity contribution < 1.29 is 28.7 Å². The Kier molecular flexibility index (Phi) is 4.79. The molecule has 0 bridgehead atoms. The van der Waals surface area contributed by atoms with E-state index in [-0.39, 0.29) is 12.2 Å². The summed E-state index contributed by atoms with van der Waals surface area (Å²) in [5.41, 5.74) is 0.256. The number of carbonyl (C=O) groups is 4. The molecule has 1 saturated heterocycles. The Morgan fingerprint density at radius 3 is 2.57 bits per heavy atom. The highest BCUT2D eigenvalue weighted by atomic mass is 16.5. The molecule has 0 aromatic heterocycles. The van der Waals surface area contributed by atoms with E-state index in [4.69, 9.17) is 9.47 Å². The lowest BCUT2D eigenvalue weighted by molar-refractivity contribution is -0.141. The minimum Gasteiger partial charge on any atom is -0.497 e. The first kappa shape index (κ1) is 16.3. The average Bonchev–Trinajstić information content (AvgIpc) is 2.54. The number of ketones is 1. The molecule has 1 heterocycles. The molecule has 0 unspecified atom stereocenters. The van der Waals surface area contributed by atoms with Crippen LogP contribution in [0.4, 0.5) is 10.5 Å². The van der Waals surface area contributed by atoms with Gasteiger partial charge in [0.25, 0.3) is 5.91 Å². The SMILES string of the molecule is COc1ccc(NC(=O)C(=O)[C@H]2CNC(=O)NC2=O)c(OC)c1. The summed E-state index contributed by atoms with van der Waals surface area (Å²) in [4.78, 5) is 46.6. The maximum Gasteiger partial charge on any atom is 0.321 e. The van der Waals surface area contributed by atoms with E-state index in [1.54, 1.807) is 6.07 Å². The normalized spacial score (nSPS) is 16.9. The summed E-state index contributed by atoms with van der Waals surface area (Å²) in [5.74, 6) is -3.20. The van der Waals surface area contributed by atoms with E-state index >= 15 is 0 Å². The number of imide groups is 1. The Hall–Kier alpha value is -3.10. The molecule has 0 saturated carbocycles. The van der Waals surface area contributed by atoms with E-state index < -0.39 is 29.5 Å². The van der Waals surface area contributed by atoms with Crippen LogP contribution >= 0.6 is 0 Å². The van der Waals surface area contributed by atoms with Gasteiger partial charge in [0.05, 0.1) is 19.9 Å². The topological polar surface area (TPSA) is 123 Å². The van der Waals surface area contributed by atoms with Gasteiger partial charge in [0.2, 0.25) is 11.7 Å². The second-order valence-corrected chi connectivity index (χ2v) is 4.64. The van der Waals surface area contributed by atoms with Crippen LogP contribution in [0.5, 0.6) is 11.5 Å². The molecule has 1 aromatic rings. The van der Waals surface area contributed by atoms with Crippen LogP contribution < -0.4 is 25.4 Å². The first-order valence-electron chi connectivity index (χ1n) is 6.62. The third kappa shape index (κ3) is 3.57. The highest BCUT2D eigenvalue weighted by molar-refractivity contribution is 6.44. The lowest BCUT2D eigenvalue weighted by Crippen LogP contribution is -2.56. The number of amides is 4. The van der Waals surface area contributed by atoms with Gasteiger partial charge in [-0.15, -0.1) is 0 Å². The number of urea groups is 1. The average molecular weight is 321 g/mol. The Morgan fingerprint density at radius 2 is 1.96 bits per heavy atom. The Labute approximate surface area is 131 Å². The van der Waals surface area contributed by atoms with Crippen molar-refractivity contribution in [2.45, 2.75) is 0 Å². The predicted octanol–water partition coefficient (Wildman–Crippen LogP) is -0.333. The third-order valence-corrected chi connectivity index (χ3v) is 3.22. The van der Waals surface area contributed by atoms with Crippen molar-refractivity contribution in [3.8, 4) is 11.5 Å². The molecule has 23 heavy (non-hydrogen) atoms. The molecule has 0 aliphatic carbocycles. The summed E-state index contributed by atoms with van der Waals surface area (Å²) in [6.07, 6.45) is 0. The van der Waals surface area contributed by atoms with E-state index in [2.05, 4.69) is 10.6 Å². The number of carbonyl (C=O) groups excluding carboxylic acids is 4. The van der Waals surface area contributed by atoms with E-state index in [0.29, 0.717) is 11.5 Å². The lowest BCUT2D eigenvalue weighted by atomic mass is 10.0.